The molecule has 5 heteroatoms. The number of aromatic nitrogens is 2. The van der Waals surface area contributed by atoms with Crippen LogP contribution >= 0.6 is 31.9 Å². The molecule has 1 N–H and O–H groups in total. The monoisotopic (exact) mass is 355 g/mol. The number of nitrogens with zero attached hydrogens (tertiary/aromatic N) is 2. The first-order valence-electron chi connectivity index (χ1n) is 5.08. The summed E-state index contributed by atoms with van der Waals surface area (Å²) in [4.78, 5) is 8.76. The molecule has 0 radical (unpaired) electrons. The minimum Gasteiger partial charge on any atom is -0.372 e. The van der Waals surface area contributed by atoms with E-state index in [2.05, 4.69) is 53.2 Å². The van der Waals surface area contributed by atoms with Crippen molar-refractivity contribution in [3.63, 3.8) is 0 Å². The van der Waals surface area contributed by atoms with Crippen molar-refractivity contribution in [3.8, 4) is 11.4 Å². The van der Waals surface area contributed by atoms with Crippen molar-refractivity contribution in [2.75, 3.05) is 12.4 Å². The summed E-state index contributed by atoms with van der Waals surface area (Å²) >= 11 is 6.88. The van der Waals surface area contributed by atoms with E-state index in [1.54, 1.807) is 6.20 Å². The predicted molar refractivity (Wildman–Crippen MR) is 77.2 cm³/mol. The lowest BCUT2D eigenvalue weighted by atomic mass is 10.1. The Morgan fingerprint density at radius 1 is 1.18 bits per heavy atom. The standard InChI is InChI=1S/C12H11Br2N3/c1-7-5-8(3-4-9(7)13)11-16-6-10(14)12(15-2)17-11/h3-6H,1-2H3,(H,15,16,17). The van der Waals surface area contributed by atoms with Gasteiger partial charge in [-0.05, 0) is 40.5 Å². The number of nitrogens with one attached hydrogen (secondary N) is 1. The molecule has 0 aliphatic carbocycles. The van der Waals surface area contributed by atoms with Crippen LogP contribution in [0, 0.1) is 6.92 Å². The second kappa shape index (κ2) is 5.14. The first-order chi connectivity index (χ1) is 8.11. The fourth-order valence-electron chi connectivity index (χ4n) is 1.47. The average molecular weight is 357 g/mol. The van der Waals surface area contributed by atoms with Gasteiger partial charge in [0.2, 0.25) is 0 Å². The highest BCUT2D eigenvalue weighted by atomic mass is 79.9. The van der Waals surface area contributed by atoms with Gasteiger partial charge in [0.25, 0.3) is 0 Å². The van der Waals surface area contributed by atoms with Crippen LogP contribution < -0.4 is 5.32 Å². The lowest BCUT2D eigenvalue weighted by Gasteiger charge is -2.06. The van der Waals surface area contributed by atoms with Crippen LogP contribution in [0.25, 0.3) is 11.4 Å². The Morgan fingerprint density at radius 3 is 2.59 bits per heavy atom. The number of benzene rings is 1. The van der Waals surface area contributed by atoms with Crippen LogP contribution in [0.4, 0.5) is 5.82 Å². The maximum absolute atomic E-state index is 4.45. The molecule has 0 amide bonds. The highest BCUT2D eigenvalue weighted by Crippen LogP contribution is 2.25. The van der Waals surface area contributed by atoms with E-state index in [0.29, 0.717) is 5.82 Å². The molecule has 0 aliphatic heterocycles. The van der Waals surface area contributed by atoms with E-state index in [9.17, 15) is 0 Å². The van der Waals surface area contributed by atoms with E-state index >= 15 is 0 Å². The maximum Gasteiger partial charge on any atom is 0.161 e. The van der Waals surface area contributed by atoms with Crippen molar-refractivity contribution >= 4 is 37.7 Å². The van der Waals surface area contributed by atoms with Gasteiger partial charge in [0.1, 0.15) is 5.82 Å². The van der Waals surface area contributed by atoms with Crippen molar-refractivity contribution in [3.05, 3.63) is 38.9 Å². The largest absolute Gasteiger partial charge is 0.372 e. The van der Waals surface area contributed by atoms with Crippen molar-refractivity contribution in [2.45, 2.75) is 6.92 Å². The van der Waals surface area contributed by atoms with Crippen LogP contribution in [-0.2, 0) is 0 Å². The second-order valence-electron chi connectivity index (χ2n) is 3.60. The van der Waals surface area contributed by atoms with Gasteiger partial charge in [0, 0.05) is 23.3 Å². The fourth-order valence-corrected chi connectivity index (χ4v) is 2.10. The molecule has 0 spiro atoms. The summed E-state index contributed by atoms with van der Waals surface area (Å²) in [5.41, 5.74) is 2.18. The van der Waals surface area contributed by atoms with Gasteiger partial charge in [-0.2, -0.15) is 0 Å². The molecule has 1 aromatic heterocycles. The van der Waals surface area contributed by atoms with E-state index in [0.717, 1.165) is 20.3 Å². The van der Waals surface area contributed by atoms with Gasteiger partial charge >= 0.3 is 0 Å². The molecular formula is C12H11Br2N3. The molecule has 1 aromatic carbocycles. The number of halogens is 2. The lowest BCUT2D eigenvalue weighted by molar-refractivity contribution is 1.15. The molecule has 0 atom stereocenters. The third-order valence-corrected chi connectivity index (χ3v) is 3.87. The molecule has 0 saturated carbocycles. The summed E-state index contributed by atoms with van der Waals surface area (Å²) in [5, 5.41) is 3.02. The molecule has 2 rings (SSSR count). The number of anilines is 1. The van der Waals surface area contributed by atoms with Gasteiger partial charge in [0.05, 0.1) is 4.47 Å². The van der Waals surface area contributed by atoms with Crippen molar-refractivity contribution in [1.29, 1.82) is 0 Å². The Bertz CT molecular complexity index is 555. The minimum atomic E-state index is 0.716. The molecule has 0 fully saturated rings. The molecule has 1 heterocycles. The number of aryl methyl sites for hydroxylation is 1. The van der Waals surface area contributed by atoms with Gasteiger partial charge in [0.15, 0.2) is 5.82 Å². The van der Waals surface area contributed by atoms with Crippen molar-refractivity contribution < 1.29 is 0 Å². The Labute approximate surface area is 117 Å². The van der Waals surface area contributed by atoms with Crippen LogP contribution in [0.5, 0.6) is 0 Å². The Kier molecular flexibility index (Phi) is 3.79. The van der Waals surface area contributed by atoms with Crippen LogP contribution in [0.15, 0.2) is 33.3 Å². The summed E-state index contributed by atoms with van der Waals surface area (Å²) in [6.45, 7) is 2.05. The van der Waals surface area contributed by atoms with Gasteiger partial charge in [-0.15, -0.1) is 0 Å². The van der Waals surface area contributed by atoms with Crippen LogP contribution in [-0.4, -0.2) is 17.0 Å². The summed E-state index contributed by atoms with van der Waals surface area (Å²) < 4.78 is 1.95. The first-order valence-corrected chi connectivity index (χ1v) is 6.67. The molecule has 0 saturated heterocycles. The molecular weight excluding hydrogens is 346 g/mol. The first kappa shape index (κ1) is 12.5. The summed E-state index contributed by atoms with van der Waals surface area (Å²) in [6, 6.07) is 6.07. The van der Waals surface area contributed by atoms with Crippen LogP contribution in [0.2, 0.25) is 0 Å². The highest BCUT2D eigenvalue weighted by molar-refractivity contribution is 9.10. The second-order valence-corrected chi connectivity index (χ2v) is 5.31. The highest BCUT2D eigenvalue weighted by Gasteiger charge is 2.06. The quantitative estimate of drug-likeness (QED) is 0.883. The van der Waals surface area contributed by atoms with Gasteiger partial charge in [-0.1, -0.05) is 22.0 Å². The van der Waals surface area contributed by atoms with Crippen LogP contribution in [0.1, 0.15) is 5.56 Å². The maximum atomic E-state index is 4.45. The minimum absolute atomic E-state index is 0.716. The van der Waals surface area contributed by atoms with Gasteiger partial charge < -0.3 is 5.32 Å². The summed E-state index contributed by atoms with van der Waals surface area (Å²) in [7, 11) is 1.84. The van der Waals surface area contributed by atoms with Crippen LogP contribution in [0.3, 0.4) is 0 Å². The number of rotatable bonds is 2. The Balaban J connectivity index is 2.49. The van der Waals surface area contributed by atoms with Crippen molar-refractivity contribution in [2.24, 2.45) is 0 Å². The van der Waals surface area contributed by atoms with E-state index in [4.69, 9.17) is 0 Å². The lowest BCUT2D eigenvalue weighted by Crippen LogP contribution is -1.97. The zero-order chi connectivity index (χ0) is 12.4. The third-order valence-electron chi connectivity index (χ3n) is 2.40. The molecule has 17 heavy (non-hydrogen) atoms. The zero-order valence-corrected chi connectivity index (χ0v) is 12.6. The van der Waals surface area contributed by atoms with E-state index in [-0.39, 0.29) is 0 Å². The smallest absolute Gasteiger partial charge is 0.161 e. The predicted octanol–water partition coefficient (Wildman–Crippen LogP) is 4.02. The van der Waals surface area contributed by atoms with E-state index in [1.807, 2.05) is 26.1 Å². The van der Waals surface area contributed by atoms with E-state index < -0.39 is 0 Å². The SMILES string of the molecule is CNc1nc(-c2ccc(Br)c(C)c2)ncc1Br. The summed E-state index contributed by atoms with van der Waals surface area (Å²) in [5.74, 6) is 1.50. The van der Waals surface area contributed by atoms with Gasteiger partial charge in [-0.3, -0.25) is 0 Å². The molecule has 2 aromatic rings. The summed E-state index contributed by atoms with van der Waals surface area (Å²) in [6.07, 6.45) is 1.76. The van der Waals surface area contributed by atoms with E-state index in [1.165, 1.54) is 5.56 Å². The Morgan fingerprint density at radius 2 is 1.94 bits per heavy atom. The molecule has 0 unspecified atom stereocenters. The normalized spacial score (nSPS) is 10.4. The topological polar surface area (TPSA) is 37.8 Å². The molecule has 3 nitrogen and oxygen atoms in total. The van der Waals surface area contributed by atoms with Crippen molar-refractivity contribution in [1.82, 2.24) is 9.97 Å². The fraction of sp³-hybridized carbons (Fsp3) is 0.167. The zero-order valence-electron chi connectivity index (χ0n) is 9.46. The average Bonchev–Trinajstić information content (AvgIpc) is 2.33. The molecule has 0 bridgehead atoms. The molecule has 0 aliphatic rings. The number of hydrogen-bond acceptors (Lipinski definition) is 3. The van der Waals surface area contributed by atoms with Gasteiger partial charge in [-0.25, -0.2) is 9.97 Å². The Hall–Kier alpha value is -0.940. The molecule has 88 valence electrons. The third kappa shape index (κ3) is 2.66. The number of hydrogen-bond donors (Lipinski definition) is 1.